The summed E-state index contributed by atoms with van der Waals surface area (Å²) < 4.78 is 0. The maximum atomic E-state index is 13.5. The Morgan fingerprint density at radius 2 is 1.15 bits per heavy atom. The van der Waals surface area contributed by atoms with Crippen LogP contribution in [0.4, 0.5) is 5.69 Å². The minimum absolute atomic E-state index is 0.0102. The summed E-state index contributed by atoms with van der Waals surface area (Å²) in [4.78, 5) is 73.5. The first-order valence-electron chi connectivity index (χ1n) is 15.2. The molecule has 0 spiro atoms. The summed E-state index contributed by atoms with van der Waals surface area (Å²) in [6.07, 6.45) is 0.999. The zero-order chi connectivity index (χ0) is 34.6. The minimum Gasteiger partial charge on any atom is -0.312 e. The molecule has 0 aliphatic heterocycles. The van der Waals surface area contributed by atoms with Crippen LogP contribution in [0.15, 0.2) is 101 Å². The van der Waals surface area contributed by atoms with Crippen molar-refractivity contribution in [1.29, 1.82) is 0 Å². The van der Waals surface area contributed by atoms with Crippen molar-refractivity contribution in [2.45, 2.75) is 46.0 Å². The Bertz CT molecular complexity index is 2010. The topological polar surface area (TPSA) is 155 Å². The van der Waals surface area contributed by atoms with Crippen molar-refractivity contribution in [3.8, 4) is 11.1 Å². The summed E-state index contributed by atoms with van der Waals surface area (Å²) in [5, 5.41) is 19.9. The van der Waals surface area contributed by atoms with Gasteiger partial charge in [-0.05, 0) is 79.8 Å². The van der Waals surface area contributed by atoms with E-state index in [-0.39, 0.29) is 39.4 Å². The van der Waals surface area contributed by atoms with Crippen LogP contribution in [0.3, 0.4) is 0 Å². The molecule has 0 amide bonds. The number of oxime groups is 2. The van der Waals surface area contributed by atoms with Crippen LogP contribution in [0, 0.1) is 10.1 Å². The molecule has 0 radical (unpaired) electrons. The molecule has 0 aromatic heterocycles. The number of rotatable bonds is 11. The third-order valence-electron chi connectivity index (χ3n) is 8.57. The molecule has 0 N–H and O–H groups in total. The standard InChI is InChI=1S/C37H31N3O8/c1-5-37(6-2)29-19-26(33(41)22(3)38-47-35(43)24-13-9-7-10-14-24)17-18-28(29)32-30(37)20-27(21-31(32)40(45)46)34(42)23(4)39-48-36(44)25-15-11-8-12-16-25/h7-21H,5-6H2,1-4H3/b38-22+,39-23+. The second-order valence-corrected chi connectivity index (χ2v) is 11.2. The lowest BCUT2D eigenvalue weighted by molar-refractivity contribution is -0.384. The van der Waals surface area contributed by atoms with Crippen molar-refractivity contribution in [3.63, 3.8) is 0 Å². The van der Waals surface area contributed by atoms with Crippen LogP contribution in [0.25, 0.3) is 11.1 Å². The molecular formula is C37H31N3O8. The average Bonchev–Trinajstić information content (AvgIpc) is 3.41. The number of hydrogen-bond acceptors (Lipinski definition) is 10. The smallest absolute Gasteiger partial charge is 0.312 e. The number of nitrogens with zero attached hydrogens (tertiary/aromatic N) is 3. The second-order valence-electron chi connectivity index (χ2n) is 11.2. The number of fused-ring (bicyclic) bond motifs is 3. The molecule has 4 aromatic rings. The fraction of sp³-hybridized carbons (Fsp3) is 0.189. The average molecular weight is 646 g/mol. The van der Waals surface area contributed by atoms with Gasteiger partial charge in [0, 0.05) is 22.6 Å². The second kappa shape index (κ2) is 13.7. The van der Waals surface area contributed by atoms with Gasteiger partial charge in [-0.3, -0.25) is 19.7 Å². The van der Waals surface area contributed by atoms with Gasteiger partial charge in [0.25, 0.3) is 5.69 Å². The highest BCUT2D eigenvalue weighted by molar-refractivity contribution is 6.46. The Kier molecular flexibility index (Phi) is 9.51. The van der Waals surface area contributed by atoms with E-state index < -0.39 is 33.8 Å². The van der Waals surface area contributed by atoms with E-state index in [4.69, 9.17) is 9.68 Å². The van der Waals surface area contributed by atoms with E-state index >= 15 is 0 Å². The van der Waals surface area contributed by atoms with Gasteiger partial charge in [0.1, 0.15) is 11.4 Å². The molecule has 11 nitrogen and oxygen atoms in total. The van der Waals surface area contributed by atoms with Crippen LogP contribution in [0.5, 0.6) is 0 Å². The van der Waals surface area contributed by atoms with Crippen molar-refractivity contribution in [3.05, 3.63) is 134 Å². The van der Waals surface area contributed by atoms with Crippen molar-refractivity contribution in [2.24, 2.45) is 10.3 Å². The van der Waals surface area contributed by atoms with Gasteiger partial charge in [0.05, 0.1) is 21.6 Å². The van der Waals surface area contributed by atoms with Crippen LogP contribution in [-0.2, 0) is 15.1 Å². The predicted octanol–water partition coefficient (Wildman–Crippen LogP) is 7.51. The molecule has 0 unspecified atom stereocenters. The van der Waals surface area contributed by atoms with E-state index in [1.54, 1.807) is 84.9 Å². The molecule has 0 atom stereocenters. The fourth-order valence-corrected chi connectivity index (χ4v) is 5.99. The summed E-state index contributed by atoms with van der Waals surface area (Å²) in [6, 6.07) is 24.1. The Morgan fingerprint density at radius 1 is 0.667 bits per heavy atom. The third-order valence-corrected chi connectivity index (χ3v) is 8.57. The first kappa shape index (κ1) is 33.3. The maximum Gasteiger partial charge on any atom is 0.365 e. The van der Waals surface area contributed by atoms with Gasteiger partial charge in [0.15, 0.2) is 0 Å². The highest BCUT2D eigenvalue weighted by Crippen LogP contribution is 2.56. The van der Waals surface area contributed by atoms with Crippen molar-refractivity contribution >= 4 is 40.6 Å². The molecule has 48 heavy (non-hydrogen) atoms. The summed E-state index contributed by atoms with van der Waals surface area (Å²) >= 11 is 0. The Morgan fingerprint density at radius 3 is 1.62 bits per heavy atom. The van der Waals surface area contributed by atoms with Crippen LogP contribution < -0.4 is 0 Å². The molecule has 0 heterocycles. The number of Topliss-reactive ketones (excluding diaryl/α,β-unsaturated/α-hetero) is 2. The van der Waals surface area contributed by atoms with Crippen molar-refractivity contribution < 1.29 is 33.8 Å². The van der Waals surface area contributed by atoms with E-state index in [9.17, 15) is 29.3 Å². The van der Waals surface area contributed by atoms with Gasteiger partial charge in [-0.2, -0.15) is 0 Å². The third kappa shape index (κ3) is 6.17. The first-order valence-corrected chi connectivity index (χ1v) is 15.2. The molecule has 4 aromatic carbocycles. The van der Waals surface area contributed by atoms with Crippen LogP contribution in [0.1, 0.15) is 93.1 Å². The number of nitro groups is 1. The minimum atomic E-state index is -0.780. The number of nitro benzene ring substituents is 1. The van der Waals surface area contributed by atoms with E-state index in [0.29, 0.717) is 35.1 Å². The van der Waals surface area contributed by atoms with E-state index in [1.807, 2.05) is 13.8 Å². The van der Waals surface area contributed by atoms with Crippen LogP contribution >= 0.6 is 0 Å². The molecule has 11 heteroatoms. The summed E-state index contributed by atoms with van der Waals surface area (Å²) in [7, 11) is 0. The SMILES string of the molecule is CCC1(CC)c2cc(C(=O)/C(C)=N/OC(=O)c3ccccc3)ccc2-c2c([N+](=O)[O-])cc(C(=O)/C(C)=N/OC(=O)c3ccccc3)cc21. The van der Waals surface area contributed by atoms with Gasteiger partial charge in [0.2, 0.25) is 11.6 Å². The molecule has 242 valence electrons. The summed E-state index contributed by atoms with van der Waals surface area (Å²) in [5.41, 5.74) is 1.70. The molecule has 0 saturated heterocycles. The molecule has 5 rings (SSSR count). The quantitative estimate of drug-likeness (QED) is 0.0533. The zero-order valence-corrected chi connectivity index (χ0v) is 26.7. The monoisotopic (exact) mass is 645 g/mol. The highest BCUT2D eigenvalue weighted by Gasteiger charge is 2.45. The van der Waals surface area contributed by atoms with E-state index in [1.165, 1.54) is 19.9 Å². The largest absolute Gasteiger partial charge is 0.365 e. The lowest BCUT2D eigenvalue weighted by Crippen LogP contribution is -2.24. The van der Waals surface area contributed by atoms with Crippen LogP contribution in [-0.4, -0.2) is 39.9 Å². The molecule has 1 aliphatic carbocycles. The van der Waals surface area contributed by atoms with E-state index in [2.05, 4.69) is 10.3 Å². The Labute approximate surface area is 276 Å². The maximum absolute atomic E-state index is 13.5. The Hall–Kier alpha value is -6.10. The highest BCUT2D eigenvalue weighted by atomic mass is 16.7. The van der Waals surface area contributed by atoms with E-state index in [0.717, 1.165) is 0 Å². The molecule has 0 fully saturated rings. The van der Waals surface area contributed by atoms with Gasteiger partial charge in [-0.25, -0.2) is 9.59 Å². The van der Waals surface area contributed by atoms with Crippen molar-refractivity contribution in [1.82, 2.24) is 0 Å². The molecule has 0 saturated carbocycles. The number of carbonyl (C=O) groups excluding carboxylic acids is 4. The van der Waals surface area contributed by atoms with Gasteiger partial charge >= 0.3 is 11.9 Å². The zero-order valence-electron chi connectivity index (χ0n) is 26.7. The number of hydrogen-bond donors (Lipinski definition) is 0. The Balaban J connectivity index is 1.50. The molecule has 1 aliphatic rings. The lowest BCUT2D eigenvalue weighted by atomic mass is 9.73. The van der Waals surface area contributed by atoms with Crippen LogP contribution in [0.2, 0.25) is 0 Å². The first-order chi connectivity index (χ1) is 23.0. The van der Waals surface area contributed by atoms with Gasteiger partial charge in [-0.15, -0.1) is 0 Å². The van der Waals surface area contributed by atoms with Crippen molar-refractivity contribution in [2.75, 3.05) is 0 Å². The van der Waals surface area contributed by atoms with Gasteiger partial charge in [-0.1, -0.05) is 72.7 Å². The lowest BCUT2D eigenvalue weighted by Gasteiger charge is -2.30. The number of carbonyl (C=O) groups is 4. The van der Waals surface area contributed by atoms with Gasteiger partial charge < -0.3 is 9.68 Å². The normalized spacial score (nSPS) is 13.2. The molecular weight excluding hydrogens is 614 g/mol. The fourth-order valence-electron chi connectivity index (χ4n) is 5.99. The predicted molar refractivity (Wildman–Crippen MR) is 178 cm³/mol. The summed E-state index contributed by atoms with van der Waals surface area (Å²) in [6.45, 7) is 6.66. The number of benzene rings is 4. The summed E-state index contributed by atoms with van der Waals surface area (Å²) in [5.74, 6) is -2.60. The number of ketones is 2. The molecule has 0 bridgehead atoms.